The number of rotatable bonds is 6. The molecule has 0 aliphatic rings. The molecule has 0 bridgehead atoms. The van der Waals surface area contributed by atoms with Crippen LogP contribution in [0, 0.1) is 0 Å². The Morgan fingerprint density at radius 2 is 2.35 bits per heavy atom. The highest BCUT2D eigenvalue weighted by molar-refractivity contribution is 9.10. The minimum atomic E-state index is -0.126. The van der Waals surface area contributed by atoms with Crippen LogP contribution in [0.15, 0.2) is 15.9 Å². The SMILES string of the molecule is CCOC(=O)CC(C)N(C)Cc1cc(Br)cs1. The van der Waals surface area contributed by atoms with E-state index in [0.717, 1.165) is 11.0 Å². The number of hydrogen-bond acceptors (Lipinski definition) is 4. The summed E-state index contributed by atoms with van der Waals surface area (Å²) in [7, 11) is 2.03. The van der Waals surface area contributed by atoms with E-state index in [1.54, 1.807) is 11.3 Å². The first-order valence-electron chi connectivity index (χ1n) is 5.61. The Balaban J connectivity index is 2.41. The van der Waals surface area contributed by atoms with E-state index in [2.05, 4.69) is 32.3 Å². The fourth-order valence-corrected chi connectivity index (χ4v) is 2.97. The molecular weight excluding hydrogens is 302 g/mol. The lowest BCUT2D eigenvalue weighted by Crippen LogP contribution is -2.31. The van der Waals surface area contributed by atoms with Gasteiger partial charge in [-0.2, -0.15) is 0 Å². The van der Waals surface area contributed by atoms with Crippen molar-refractivity contribution in [2.75, 3.05) is 13.7 Å². The van der Waals surface area contributed by atoms with Crippen LogP contribution in [0.1, 0.15) is 25.1 Å². The van der Waals surface area contributed by atoms with E-state index in [9.17, 15) is 4.79 Å². The zero-order chi connectivity index (χ0) is 12.8. The van der Waals surface area contributed by atoms with Gasteiger partial charge in [-0.3, -0.25) is 9.69 Å². The van der Waals surface area contributed by atoms with Gasteiger partial charge in [0.25, 0.3) is 0 Å². The molecule has 0 aliphatic carbocycles. The van der Waals surface area contributed by atoms with Crippen molar-refractivity contribution in [1.29, 1.82) is 0 Å². The summed E-state index contributed by atoms with van der Waals surface area (Å²) in [5.41, 5.74) is 0. The van der Waals surface area contributed by atoms with E-state index in [0.29, 0.717) is 13.0 Å². The predicted molar refractivity (Wildman–Crippen MR) is 74.2 cm³/mol. The van der Waals surface area contributed by atoms with Crippen LogP contribution in [0.4, 0.5) is 0 Å². The number of ether oxygens (including phenoxy) is 1. The molecule has 0 aromatic carbocycles. The number of carbonyl (C=O) groups excluding carboxylic acids is 1. The van der Waals surface area contributed by atoms with Crippen LogP contribution in [-0.2, 0) is 16.1 Å². The summed E-state index contributed by atoms with van der Waals surface area (Å²) < 4.78 is 6.06. The maximum Gasteiger partial charge on any atom is 0.307 e. The second kappa shape index (κ2) is 7.13. The van der Waals surface area contributed by atoms with E-state index in [1.165, 1.54) is 4.88 Å². The smallest absolute Gasteiger partial charge is 0.307 e. The van der Waals surface area contributed by atoms with Crippen LogP contribution < -0.4 is 0 Å². The Morgan fingerprint density at radius 1 is 1.65 bits per heavy atom. The van der Waals surface area contributed by atoms with Crippen molar-refractivity contribution in [2.24, 2.45) is 0 Å². The first-order chi connectivity index (χ1) is 8.02. The highest BCUT2D eigenvalue weighted by Crippen LogP contribution is 2.21. The molecule has 0 fully saturated rings. The third-order valence-electron chi connectivity index (χ3n) is 2.55. The summed E-state index contributed by atoms with van der Waals surface area (Å²) in [5, 5.41) is 2.07. The molecule has 1 aromatic heterocycles. The molecule has 0 spiro atoms. The number of halogens is 1. The van der Waals surface area contributed by atoms with Gasteiger partial charge in [-0.05, 0) is 42.9 Å². The molecule has 0 saturated carbocycles. The molecule has 1 rings (SSSR count). The molecule has 0 saturated heterocycles. The van der Waals surface area contributed by atoms with Gasteiger partial charge in [-0.1, -0.05) is 0 Å². The molecule has 0 N–H and O–H groups in total. The molecule has 17 heavy (non-hydrogen) atoms. The van der Waals surface area contributed by atoms with Crippen molar-refractivity contribution in [3.8, 4) is 0 Å². The standard InChI is InChI=1S/C12H18BrNO2S/c1-4-16-12(15)5-9(2)14(3)7-11-6-10(13)8-17-11/h6,8-9H,4-5,7H2,1-3H3. The number of carbonyl (C=O) groups is 1. The summed E-state index contributed by atoms with van der Waals surface area (Å²) >= 11 is 5.16. The summed E-state index contributed by atoms with van der Waals surface area (Å²) in [5.74, 6) is -0.126. The van der Waals surface area contributed by atoms with Gasteiger partial charge in [0.2, 0.25) is 0 Å². The Bertz CT molecular complexity index is 367. The van der Waals surface area contributed by atoms with Gasteiger partial charge < -0.3 is 4.74 Å². The second-order valence-electron chi connectivity index (χ2n) is 4.00. The minimum absolute atomic E-state index is 0.126. The molecule has 1 unspecified atom stereocenters. The fraction of sp³-hybridized carbons (Fsp3) is 0.583. The molecule has 1 aromatic rings. The van der Waals surface area contributed by atoms with Crippen LogP contribution in [0.3, 0.4) is 0 Å². The lowest BCUT2D eigenvalue weighted by Gasteiger charge is -2.23. The number of thiophene rings is 1. The van der Waals surface area contributed by atoms with E-state index in [-0.39, 0.29) is 12.0 Å². The third-order valence-corrected chi connectivity index (χ3v) is 4.23. The van der Waals surface area contributed by atoms with Crippen LogP contribution >= 0.6 is 27.3 Å². The molecule has 3 nitrogen and oxygen atoms in total. The molecule has 0 aliphatic heterocycles. The van der Waals surface area contributed by atoms with Crippen LogP contribution in [0.5, 0.6) is 0 Å². The van der Waals surface area contributed by atoms with E-state index in [4.69, 9.17) is 4.74 Å². The minimum Gasteiger partial charge on any atom is -0.466 e. The number of hydrogen-bond donors (Lipinski definition) is 0. The van der Waals surface area contributed by atoms with Crippen molar-refractivity contribution in [2.45, 2.75) is 32.9 Å². The molecule has 0 radical (unpaired) electrons. The quantitative estimate of drug-likeness (QED) is 0.753. The third kappa shape index (κ3) is 5.19. The van der Waals surface area contributed by atoms with Gasteiger partial charge in [0, 0.05) is 27.3 Å². The summed E-state index contributed by atoms with van der Waals surface area (Å²) in [6, 6.07) is 2.30. The predicted octanol–water partition coefficient (Wildman–Crippen LogP) is 3.28. The van der Waals surface area contributed by atoms with E-state index < -0.39 is 0 Å². The van der Waals surface area contributed by atoms with Gasteiger partial charge in [0.05, 0.1) is 13.0 Å². The molecular formula is C12H18BrNO2S. The average molecular weight is 320 g/mol. The maximum atomic E-state index is 11.4. The summed E-state index contributed by atoms with van der Waals surface area (Å²) in [4.78, 5) is 14.8. The van der Waals surface area contributed by atoms with Crippen LogP contribution in [0.25, 0.3) is 0 Å². The highest BCUT2D eigenvalue weighted by atomic mass is 79.9. The van der Waals surface area contributed by atoms with Crippen LogP contribution in [-0.4, -0.2) is 30.6 Å². The zero-order valence-electron chi connectivity index (χ0n) is 10.4. The number of esters is 1. The van der Waals surface area contributed by atoms with Crippen molar-refractivity contribution < 1.29 is 9.53 Å². The molecule has 5 heteroatoms. The maximum absolute atomic E-state index is 11.4. The fourth-order valence-electron chi connectivity index (χ4n) is 1.46. The van der Waals surface area contributed by atoms with Gasteiger partial charge in [-0.25, -0.2) is 0 Å². The molecule has 96 valence electrons. The monoisotopic (exact) mass is 319 g/mol. The Labute approximate surface area is 115 Å². The Hall–Kier alpha value is -0.390. The molecule has 1 heterocycles. The van der Waals surface area contributed by atoms with Crippen LogP contribution in [0.2, 0.25) is 0 Å². The van der Waals surface area contributed by atoms with Crippen molar-refractivity contribution in [1.82, 2.24) is 4.90 Å². The van der Waals surface area contributed by atoms with E-state index >= 15 is 0 Å². The first-order valence-corrected chi connectivity index (χ1v) is 7.29. The lowest BCUT2D eigenvalue weighted by atomic mass is 10.2. The topological polar surface area (TPSA) is 29.5 Å². The Morgan fingerprint density at radius 3 is 2.88 bits per heavy atom. The largest absolute Gasteiger partial charge is 0.466 e. The van der Waals surface area contributed by atoms with Crippen molar-refractivity contribution >= 4 is 33.2 Å². The lowest BCUT2D eigenvalue weighted by molar-refractivity contribution is -0.144. The van der Waals surface area contributed by atoms with Gasteiger partial charge >= 0.3 is 5.97 Å². The van der Waals surface area contributed by atoms with Gasteiger partial charge in [0.1, 0.15) is 0 Å². The van der Waals surface area contributed by atoms with Crippen molar-refractivity contribution in [3.63, 3.8) is 0 Å². The zero-order valence-corrected chi connectivity index (χ0v) is 12.8. The molecule has 1 atom stereocenters. The highest BCUT2D eigenvalue weighted by Gasteiger charge is 2.15. The number of nitrogens with zero attached hydrogens (tertiary/aromatic N) is 1. The average Bonchev–Trinajstić information content (AvgIpc) is 2.64. The summed E-state index contributed by atoms with van der Waals surface area (Å²) in [6.07, 6.45) is 0.441. The Kier molecular flexibility index (Phi) is 6.16. The normalized spacial score (nSPS) is 12.8. The molecule has 0 amide bonds. The summed E-state index contributed by atoms with van der Waals surface area (Å²) in [6.45, 7) is 5.18. The van der Waals surface area contributed by atoms with E-state index in [1.807, 2.05) is 20.9 Å². The van der Waals surface area contributed by atoms with Crippen molar-refractivity contribution in [3.05, 3.63) is 20.8 Å². The second-order valence-corrected chi connectivity index (χ2v) is 5.92. The first kappa shape index (κ1) is 14.7. The van der Waals surface area contributed by atoms with Gasteiger partial charge in [-0.15, -0.1) is 11.3 Å². The van der Waals surface area contributed by atoms with Gasteiger partial charge in [0.15, 0.2) is 0 Å².